The van der Waals surface area contributed by atoms with Crippen LogP contribution in [0.25, 0.3) is 6.08 Å². The normalized spacial score (nSPS) is 18.5. The summed E-state index contributed by atoms with van der Waals surface area (Å²) in [6.07, 6.45) is 11.7. The molecule has 0 aliphatic carbocycles. The van der Waals surface area contributed by atoms with Gasteiger partial charge in [0.2, 0.25) is 0 Å². The van der Waals surface area contributed by atoms with Gasteiger partial charge in [-0.2, -0.15) is 0 Å². The molecule has 0 amide bonds. The molecule has 4 nitrogen and oxygen atoms in total. The summed E-state index contributed by atoms with van der Waals surface area (Å²) in [5.74, 6) is 4.98. The summed E-state index contributed by atoms with van der Waals surface area (Å²) >= 11 is 2.38. The highest BCUT2D eigenvalue weighted by atomic mass is 127. The lowest BCUT2D eigenvalue weighted by Crippen LogP contribution is -2.41. The maximum atomic E-state index is 6.43. The Hall–Kier alpha value is -0.725. The zero-order valence-corrected chi connectivity index (χ0v) is 26.3. The van der Waals surface area contributed by atoms with Crippen LogP contribution in [0.3, 0.4) is 0 Å². The van der Waals surface area contributed by atoms with Crippen molar-refractivity contribution in [3.05, 3.63) is 27.2 Å². The molecule has 0 radical (unpaired) electrons. The van der Waals surface area contributed by atoms with Gasteiger partial charge in [0.1, 0.15) is 11.5 Å². The van der Waals surface area contributed by atoms with Crippen LogP contribution in [0.5, 0.6) is 11.5 Å². The molecule has 0 bridgehead atoms. The fourth-order valence-electron chi connectivity index (χ4n) is 4.28. The molecular weight excluding hydrogens is 562 g/mol. The zero-order chi connectivity index (χ0) is 26.8. The summed E-state index contributed by atoms with van der Waals surface area (Å²) in [7, 11) is -0.391. The maximum absolute atomic E-state index is 6.43. The molecular formula is C30H50BIO4. The molecule has 0 spiro atoms. The largest absolute Gasteiger partial charge is 0.493 e. The highest BCUT2D eigenvalue weighted by Gasteiger charge is 2.50. The number of ether oxygens (including phenoxy) is 2. The molecule has 1 aliphatic rings. The van der Waals surface area contributed by atoms with Gasteiger partial charge in [0.25, 0.3) is 0 Å². The average molecular weight is 612 g/mol. The summed E-state index contributed by atoms with van der Waals surface area (Å²) < 4.78 is 26.2. The molecule has 1 heterocycles. The first kappa shape index (κ1) is 31.5. The van der Waals surface area contributed by atoms with E-state index in [1.807, 2.05) is 5.98 Å². The van der Waals surface area contributed by atoms with Gasteiger partial charge < -0.3 is 18.8 Å². The molecule has 0 saturated carbocycles. The summed E-state index contributed by atoms with van der Waals surface area (Å²) in [5.41, 5.74) is 0.290. The van der Waals surface area contributed by atoms with E-state index in [9.17, 15) is 0 Å². The van der Waals surface area contributed by atoms with Crippen LogP contribution in [0, 0.1) is 15.4 Å². The van der Waals surface area contributed by atoms with Crippen molar-refractivity contribution in [2.45, 2.75) is 118 Å². The fraction of sp³-hybridized carbons (Fsp3) is 0.733. The lowest BCUT2D eigenvalue weighted by Gasteiger charge is -2.32. The minimum absolute atomic E-state index is 0.358. The second-order valence-electron chi connectivity index (χ2n) is 11.3. The molecule has 1 fully saturated rings. The highest BCUT2D eigenvalue weighted by molar-refractivity contribution is 14.1. The molecule has 0 N–H and O–H groups in total. The van der Waals surface area contributed by atoms with E-state index in [4.69, 9.17) is 18.8 Å². The molecule has 36 heavy (non-hydrogen) atoms. The van der Waals surface area contributed by atoms with Crippen LogP contribution in [-0.2, 0) is 9.31 Å². The van der Waals surface area contributed by atoms with Gasteiger partial charge in [-0.1, -0.05) is 78.3 Å². The second-order valence-corrected chi connectivity index (χ2v) is 12.4. The molecule has 1 aromatic rings. The van der Waals surface area contributed by atoms with E-state index in [1.165, 1.54) is 38.5 Å². The summed E-state index contributed by atoms with van der Waals surface area (Å²) in [6, 6.07) is 4.25. The molecule has 1 saturated heterocycles. The number of benzene rings is 1. The lowest BCUT2D eigenvalue weighted by molar-refractivity contribution is 0.00578. The van der Waals surface area contributed by atoms with Crippen LogP contribution in [0.4, 0.5) is 0 Å². The van der Waals surface area contributed by atoms with Crippen molar-refractivity contribution in [2.75, 3.05) is 13.2 Å². The van der Waals surface area contributed by atoms with Crippen LogP contribution >= 0.6 is 22.6 Å². The molecule has 204 valence electrons. The number of hydrogen-bond acceptors (Lipinski definition) is 4. The Kier molecular flexibility index (Phi) is 13.1. The van der Waals surface area contributed by atoms with Crippen molar-refractivity contribution in [2.24, 2.45) is 11.8 Å². The van der Waals surface area contributed by atoms with Gasteiger partial charge >= 0.3 is 7.12 Å². The van der Waals surface area contributed by atoms with E-state index in [2.05, 4.69) is 96.2 Å². The van der Waals surface area contributed by atoms with E-state index in [0.717, 1.165) is 46.7 Å². The third kappa shape index (κ3) is 9.23. The third-order valence-corrected chi connectivity index (χ3v) is 8.65. The molecule has 0 aromatic heterocycles. The van der Waals surface area contributed by atoms with Gasteiger partial charge in [-0.3, -0.25) is 0 Å². The SMILES string of the molecule is CCCCC(CC)COc1cc(/C=C/B2OC(C)(C)C(C)(C)O2)c(OCC(CC)CCCC)cc1I. The number of hydrogen-bond donors (Lipinski definition) is 0. The number of rotatable bonds is 16. The maximum Gasteiger partial charge on any atom is 0.487 e. The standard InChI is InChI=1S/C30H50BIO4/c1-9-13-15-23(11-3)21-33-27-20-26(32)28(34-22-24(12-4)16-14-10-2)19-25(27)17-18-31-35-29(5,6)30(7,8)36-31/h17-20,23-24H,9-16,21-22H2,1-8H3/b18-17+. The van der Waals surface area contributed by atoms with Gasteiger partial charge in [0, 0.05) is 5.56 Å². The van der Waals surface area contributed by atoms with Crippen molar-refractivity contribution in [1.29, 1.82) is 0 Å². The monoisotopic (exact) mass is 612 g/mol. The summed E-state index contributed by atoms with van der Waals surface area (Å²) in [6.45, 7) is 18.8. The quantitative estimate of drug-likeness (QED) is 0.138. The van der Waals surface area contributed by atoms with Crippen LogP contribution < -0.4 is 9.47 Å². The van der Waals surface area contributed by atoms with Crippen molar-refractivity contribution in [3.63, 3.8) is 0 Å². The van der Waals surface area contributed by atoms with E-state index < -0.39 is 7.12 Å². The number of unbranched alkanes of at least 4 members (excludes halogenated alkanes) is 2. The Morgan fingerprint density at radius 3 is 1.81 bits per heavy atom. The molecule has 2 unspecified atom stereocenters. The van der Waals surface area contributed by atoms with Crippen LogP contribution in [-0.4, -0.2) is 31.5 Å². The lowest BCUT2D eigenvalue weighted by atomic mass is 9.89. The molecule has 1 aliphatic heterocycles. The summed E-state index contributed by atoms with van der Waals surface area (Å²) in [5, 5.41) is 0. The smallest absolute Gasteiger partial charge is 0.487 e. The van der Waals surface area contributed by atoms with Crippen LogP contribution in [0.15, 0.2) is 18.1 Å². The fourth-order valence-corrected chi connectivity index (χ4v) is 4.87. The molecule has 2 atom stereocenters. The first-order valence-corrected chi connectivity index (χ1v) is 15.3. The third-order valence-electron chi connectivity index (χ3n) is 7.80. The van der Waals surface area contributed by atoms with E-state index in [-0.39, 0.29) is 11.2 Å². The minimum atomic E-state index is -0.391. The van der Waals surface area contributed by atoms with Crippen molar-refractivity contribution < 1.29 is 18.8 Å². The Labute approximate surface area is 235 Å². The van der Waals surface area contributed by atoms with Crippen molar-refractivity contribution >= 4 is 35.8 Å². The van der Waals surface area contributed by atoms with Gasteiger partial charge in [0.15, 0.2) is 0 Å². The van der Waals surface area contributed by atoms with Crippen molar-refractivity contribution in [3.8, 4) is 11.5 Å². The van der Waals surface area contributed by atoms with Crippen LogP contribution in [0.2, 0.25) is 0 Å². The first-order valence-electron chi connectivity index (χ1n) is 14.2. The Balaban J connectivity index is 2.25. The Morgan fingerprint density at radius 2 is 1.33 bits per heavy atom. The molecule has 6 heteroatoms. The van der Waals surface area contributed by atoms with E-state index in [1.54, 1.807) is 0 Å². The Bertz CT molecular complexity index is 807. The average Bonchev–Trinajstić information content (AvgIpc) is 3.05. The predicted octanol–water partition coefficient (Wildman–Crippen LogP) is 9.13. The minimum Gasteiger partial charge on any atom is -0.493 e. The van der Waals surface area contributed by atoms with E-state index >= 15 is 0 Å². The van der Waals surface area contributed by atoms with Crippen LogP contribution in [0.1, 0.15) is 112 Å². The predicted molar refractivity (Wildman–Crippen MR) is 162 cm³/mol. The second kappa shape index (κ2) is 15.0. The first-order chi connectivity index (χ1) is 17.1. The topological polar surface area (TPSA) is 36.9 Å². The van der Waals surface area contributed by atoms with Gasteiger partial charge in [-0.25, -0.2) is 0 Å². The zero-order valence-electron chi connectivity index (χ0n) is 24.1. The summed E-state index contributed by atoms with van der Waals surface area (Å²) in [4.78, 5) is 0. The number of halogens is 1. The van der Waals surface area contributed by atoms with Gasteiger partial charge in [-0.05, 0) is 87.1 Å². The highest BCUT2D eigenvalue weighted by Crippen LogP contribution is 2.38. The van der Waals surface area contributed by atoms with E-state index in [0.29, 0.717) is 11.8 Å². The molecule has 2 rings (SSSR count). The van der Waals surface area contributed by atoms with Gasteiger partial charge in [0.05, 0.1) is 28.0 Å². The Morgan fingerprint density at radius 1 is 0.833 bits per heavy atom. The molecule has 1 aromatic carbocycles. The van der Waals surface area contributed by atoms with Crippen molar-refractivity contribution in [1.82, 2.24) is 0 Å². The van der Waals surface area contributed by atoms with Gasteiger partial charge in [-0.15, -0.1) is 0 Å².